The van der Waals surface area contributed by atoms with Gasteiger partial charge in [-0.05, 0) is 40.2 Å². The molecule has 0 aromatic carbocycles. The molecule has 1 amide bonds. The standard InChI is InChI=1S/C14H11BrClN5O2S/c1-21-13(9-3-4-10(15)23-9)19-20-14(21)24-7-12(22)18-11-5-2-8(16)6-17-11/h2-6H,7H2,1H3,(H,17,18,22). The fourth-order valence-corrected chi connectivity index (χ4v) is 2.98. The minimum atomic E-state index is -0.194. The quantitative estimate of drug-likeness (QED) is 0.625. The number of carbonyl (C=O) groups excluding carboxylic acids is 1. The van der Waals surface area contributed by atoms with Gasteiger partial charge in [-0.1, -0.05) is 23.4 Å². The van der Waals surface area contributed by atoms with E-state index in [1.54, 1.807) is 28.8 Å². The van der Waals surface area contributed by atoms with Crippen molar-refractivity contribution in [2.24, 2.45) is 7.05 Å². The molecule has 0 aliphatic carbocycles. The van der Waals surface area contributed by atoms with Gasteiger partial charge in [0.2, 0.25) is 5.91 Å². The Hall–Kier alpha value is -1.84. The minimum absolute atomic E-state index is 0.179. The zero-order valence-electron chi connectivity index (χ0n) is 12.4. The van der Waals surface area contributed by atoms with E-state index in [9.17, 15) is 4.79 Å². The topological polar surface area (TPSA) is 85.8 Å². The number of anilines is 1. The monoisotopic (exact) mass is 427 g/mol. The number of amides is 1. The predicted octanol–water partition coefficient (Wildman–Crippen LogP) is 3.62. The highest BCUT2D eigenvalue weighted by molar-refractivity contribution is 9.10. The summed E-state index contributed by atoms with van der Waals surface area (Å²) in [5, 5.41) is 12.0. The Balaban J connectivity index is 1.61. The lowest BCUT2D eigenvalue weighted by Gasteiger charge is -2.04. The van der Waals surface area contributed by atoms with Gasteiger partial charge >= 0.3 is 0 Å². The molecule has 3 heterocycles. The molecule has 124 valence electrons. The molecule has 10 heteroatoms. The normalized spacial score (nSPS) is 10.8. The fourth-order valence-electron chi connectivity index (χ4n) is 1.85. The second-order valence-electron chi connectivity index (χ2n) is 4.67. The molecule has 0 saturated carbocycles. The number of aromatic nitrogens is 4. The van der Waals surface area contributed by atoms with Crippen LogP contribution in [0.3, 0.4) is 0 Å². The number of furan rings is 1. The first-order valence-corrected chi connectivity index (χ1v) is 8.88. The van der Waals surface area contributed by atoms with Crippen molar-refractivity contribution in [3.05, 3.63) is 40.2 Å². The number of halogens is 2. The highest BCUT2D eigenvalue weighted by atomic mass is 79.9. The van der Waals surface area contributed by atoms with Gasteiger partial charge in [0, 0.05) is 13.2 Å². The molecular weight excluding hydrogens is 418 g/mol. The minimum Gasteiger partial charge on any atom is -0.446 e. The number of hydrogen-bond acceptors (Lipinski definition) is 6. The summed E-state index contributed by atoms with van der Waals surface area (Å²) in [5.41, 5.74) is 0. The lowest BCUT2D eigenvalue weighted by atomic mass is 10.4. The first-order chi connectivity index (χ1) is 11.5. The lowest BCUT2D eigenvalue weighted by molar-refractivity contribution is -0.113. The summed E-state index contributed by atoms with van der Waals surface area (Å²) in [5.74, 6) is 1.61. The first kappa shape index (κ1) is 17.0. The summed E-state index contributed by atoms with van der Waals surface area (Å²) >= 11 is 10.3. The average Bonchev–Trinajstić information content (AvgIpc) is 3.13. The van der Waals surface area contributed by atoms with Crippen molar-refractivity contribution in [3.63, 3.8) is 0 Å². The second kappa shape index (κ2) is 7.37. The van der Waals surface area contributed by atoms with Crippen molar-refractivity contribution in [3.8, 4) is 11.6 Å². The number of thioether (sulfide) groups is 1. The molecule has 0 atom stereocenters. The Bertz CT molecular complexity index is 864. The van der Waals surface area contributed by atoms with E-state index in [0.717, 1.165) is 0 Å². The number of hydrogen-bond donors (Lipinski definition) is 1. The SMILES string of the molecule is Cn1c(SCC(=O)Nc2ccc(Cl)cn2)nnc1-c1ccc(Br)o1. The molecular formula is C14H11BrClN5O2S. The summed E-state index contributed by atoms with van der Waals surface area (Å²) in [6, 6.07) is 6.87. The molecule has 1 N–H and O–H groups in total. The van der Waals surface area contributed by atoms with E-state index in [-0.39, 0.29) is 11.7 Å². The number of nitrogens with zero attached hydrogens (tertiary/aromatic N) is 4. The van der Waals surface area contributed by atoms with E-state index in [1.807, 2.05) is 7.05 Å². The molecule has 0 aliphatic heterocycles. The van der Waals surface area contributed by atoms with E-state index in [0.29, 0.717) is 32.3 Å². The Labute approximate surface area is 154 Å². The Kier molecular flexibility index (Phi) is 5.22. The van der Waals surface area contributed by atoms with Crippen molar-refractivity contribution in [2.45, 2.75) is 5.16 Å². The van der Waals surface area contributed by atoms with Crippen molar-refractivity contribution in [1.29, 1.82) is 0 Å². The Morgan fingerprint density at radius 2 is 2.21 bits per heavy atom. The van der Waals surface area contributed by atoms with Gasteiger partial charge in [0.1, 0.15) is 5.82 Å². The van der Waals surface area contributed by atoms with E-state index in [4.69, 9.17) is 16.0 Å². The van der Waals surface area contributed by atoms with E-state index < -0.39 is 0 Å². The molecule has 24 heavy (non-hydrogen) atoms. The van der Waals surface area contributed by atoms with Crippen LogP contribution in [0, 0.1) is 0 Å². The summed E-state index contributed by atoms with van der Waals surface area (Å²) in [4.78, 5) is 16.0. The smallest absolute Gasteiger partial charge is 0.236 e. The summed E-state index contributed by atoms with van der Waals surface area (Å²) in [7, 11) is 1.81. The van der Waals surface area contributed by atoms with Crippen LogP contribution in [0.15, 0.2) is 44.7 Å². The Morgan fingerprint density at radius 1 is 1.38 bits per heavy atom. The zero-order chi connectivity index (χ0) is 17.1. The van der Waals surface area contributed by atoms with Gasteiger partial charge in [-0.2, -0.15) is 0 Å². The average molecular weight is 429 g/mol. The van der Waals surface area contributed by atoms with Gasteiger partial charge in [-0.3, -0.25) is 4.79 Å². The van der Waals surface area contributed by atoms with E-state index in [1.165, 1.54) is 18.0 Å². The van der Waals surface area contributed by atoms with Gasteiger partial charge < -0.3 is 14.3 Å². The molecule has 0 saturated heterocycles. The maximum absolute atomic E-state index is 12.0. The highest BCUT2D eigenvalue weighted by Gasteiger charge is 2.15. The van der Waals surface area contributed by atoms with Crippen LogP contribution in [-0.4, -0.2) is 31.4 Å². The fraction of sp³-hybridized carbons (Fsp3) is 0.143. The highest BCUT2D eigenvalue weighted by Crippen LogP contribution is 2.26. The largest absolute Gasteiger partial charge is 0.446 e. The maximum atomic E-state index is 12.0. The van der Waals surface area contributed by atoms with Gasteiger partial charge in [0.15, 0.2) is 21.4 Å². The third kappa shape index (κ3) is 3.97. The van der Waals surface area contributed by atoms with Crippen molar-refractivity contribution in [2.75, 3.05) is 11.1 Å². The van der Waals surface area contributed by atoms with Crippen molar-refractivity contribution in [1.82, 2.24) is 19.7 Å². The maximum Gasteiger partial charge on any atom is 0.236 e. The van der Waals surface area contributed by atoms with Crippen LogP contribution < -0.4 is 5.32 Å². The summed E-state index contributed by atoms with van der Waals surface area (Å²) in [6.45, 7) is 0. The Morgan fingerprint density at radius 3 is 2.88 bits per heavy atom. The molecule has 0 bridgehead atoms. The van der Waals surface area contributed by atoms with Crippen LogP contribution in [0.4, 0.5) is 5.82 Å². The lowest BCUT2D eigenvalue weighted by Crippen LogP contribution is -2.15. The van der Waals surface area contributed by atoms with E-state index >= 15 is 0 Å². The van der Waals surface area contributed by atoms with E-state index in [2.05, 4.69) is 36.4 Å². The molecule has 3 aromatic rings. The van der Waals surface area contributed by atoms with Gasteiger partial charge in [-0.25, -0.2) is 4.98 Å². The van der Waals surface area contributed by atoms with Gasteiger partial charge in [0.25, 0.3) is 0 Å². The molecule has 3 rings (SSSR count). The van der Waals surface area contributed by atoms with Crippen LogP contribution in [0.2, 0.25) is 5.02 Å². The van der Waals surface area contributed by atoms with Gasteiger partial charge in [-0.15, -0.1) is 10.2 Å². The van der Waals surface area contributed by atoms with Crippen LogP contribution in [0.1, 0.15) is 0 Å². The molecule has 0 aliphatic rings. The molecule has 0 spiro atoms. The van der Waals surface area contributed by atoms with Crippen LogP contribution in [0.5, 0.6) is 0 Å². The third-order valence-electron chi connectivity index (χ3n) is 2.96. The van der Waals surface area contributed by atoms with Crippen LogP contribution in [-0.2, 0) is 11.8 Å². The number of pyridine rings is 1. The van der Waals surface area contributed by atoms with Crippen molar-refractivity contribution < 1.29 is 9.21 Å². The molecule has 0 unspecified atom stereocenters. The first-order valence-electron chi connectivity index (χ1n) is 6.72. The van der Waals surface area contributed by atoms with Crippen LogP contribution in [0.25, 0.3) is 11.6 Å². The number of carbonyl (C=O) groups is 1. The summed E-state index contributed by atoms with van der Waals surface area (Å²) in [6.07, 6.45) is 1.47. The third-order valence-corrected chi connectivity index (χ3v) is 4.63. The van der Waals surface area contributed by atoms with Crippen LogP contribution >= 0.6 is 39.3 Å². The molecule has 0 fully saturated rings. The second-order valence-corrected chi connectivity index (χ2v) is 6.83. The number of nitrogens with one attached hydrogen (secondary N) is 1. The number of rotatable bonds is 5. The zero-order valence-corrected chi connectivity index (χ0v) is 15.5. The molecule has 7 nitrogen and oxygen atoms in total. The summed E-state index contributed by atoms with van der Waals surface area (Å²) < 4.78 is 7.85. The van der Waals surface area contributed by atoms with Gasteiger partial charge in [0.05, 0.1) is 10.8 Å². The molecule has 0 radical (unpaired) electrons. The predicted molar refractivity (Wildman–Crippen MR) is 95.0 cm³/mol. The van der Waals surface area contributed by atoms with Crippen molar-refractivity contribution >= 4 is 51.0 Å². The molecule has 3 aromatic heterocycles.